The van der Waals surface area contributed by atoms with Gasteiger partial charge in [0.15, 0.2) is 0 Å². The van der Waals surface area contributed by atoms with Gasteiger partial charge in [0.1, 0.15) is 5.82 Å². The van der Waals surface area contributed by atoms with Crippen molar-refractivity contribution < 1.29 is 4.52 Å². The van der Waals surface area contributed by atoms with Crippen molar-refractivity contribution >= 4 is 11.5 Å². The van der Waals surface area contributed by atoms with E-state index in [1.165, 1.54) is 18.5 Å². The van der Waals surface area contributed by atoms with Crippen LogP contribution < -0.4 is 9.80 Å². The second kappa shape index (κ2) is 9.06. The van der Waals surface area contributed by atoms with E-state index in [-0.39, 0.29) is 0 Å². The molecular weight excluding hydrogens is 388 g/mol. The summed E-state index contributed by atoms with van der Waals surface area (Å²) < 4.78 is 5.54. The highest BCUT2D eigenvalue weighted by atomic mass is 16.5. The lowest BCUT2D eigenvalue weighted by atomic mass is 10.0. The number of pyridine rings is 1. The fourth-order valence-electron chi connectivity index (χ4n) is 4.53. The van der Waals surface area contributed by atoms with E-state index in [0.29, 0.717) is 18.3 Å². The molecule has 3 aromatic rings. The number of hydrogen-bond acceptors (Lipinski definition) is 7. The Kier molecular flexibility index (Phi) is 5.84. The van der Waals surface area contributed by atoms with Crippen LogP contribution in [0.5, 0.6) is 0 Å². The quantitative estimate of drug-likeness (QED) is 0.626. The number of piperazine rings is 1. The summed E-state index contributed by atoms with van der Waals surface area (Å²) >= 11 is 0. The second-order valence-corrected chi connectivity index (χ2v) is 8.71. The predicted octanol–water partition coefficient (Wildman–Crippen LogP) is 3.69. The fraction of sp³-hybridized carbons (Fsp3) is 0.458. The molecule has 2 aliphatic heterocycles. The third kappa shape index (κ3) is 4.71. The molecule has 2 aromatic heterocycles. The largest absolute Gasteiger partial charge is 0.369 e. The minimum absolute atomic E-state index is 0.615. The summed E-state index contributed by atoms with van der Waals surface area (Å²) in [5, 5.41) is 4.19. The molecule has 4 heterocycles. The van der Waals surface area contributed by atoms with Crippen LogP contribution in [-0.2, 0) is 6.54 Å². The van der Waals surface area contributed by atoms with Crippen molar-refractivity contribution in [2.24, 2.45) is 5.92 Å². The zero-order valence-corrected chi connectivity index (χ0v) is 18.2. The number of nitrogens with zero attached hydrogens (tertiary/aromatic N) is 6. The minimum atomic E-state index is 0.615. The van der Waals surface area contributed by atoms with E-state index < -0.39 is 0 Å². The summed E-state index contributed by atoms with van der Waals surface area (Å²) in [6, 6.07) is 14.7. The molecule has 0 unspecified atom stereocenters. The van der Waals surface area contributed by atoms with E-state index in [0.717, 1.165) is 56.6 Å². The lowest BCUT2D eigenvalue weighted by molar-refractivity contribution is 0.215. The molecule has 0 saturated carbocycles. The van der Waals surface area contributed by atoms with Gasteiger partial charge in [-0.25, -0.2) is 4.98 Å². The fourth-order valence-corrected chi connectivity index (χ4v) is 4.53. The van der Waals surface area contributed by atoms with Gasteiger partial charge in [0.05, 0.1) is 6.54 Å². The molecule has 5 rings (SSSR count). The third-order valence-corrected chi connectivity index (χ3v) is 6.31. The summed E-state index contributed by atoms with van der Waals surface area (Å²) in [5.41, 5.74) is 2.19. The standard InChI is InChI=1S/C24H30N6O/c1-19-6-5-11-30(17-19)22-10-9-20(16-25-22)24-26-23(31-27-24)18-28-12-14-29(15-13-28)21-7-3-2-4-8-21/h2-4,7-10,16,19H,5-6,11-15,17-18H2,1H3/t19-/m0/s1. The zero-order valence-electron chi connectivity index (χ0n) is 18.2. The first-order valence-electron chi connectivity index (χ1n) is 11.3. The Morgan fingerprint density at radius 1 is 0.968 bits per heavy atom. The molecule has 0 N–H and O–H groups in total. The maximum atomic E-state index is 5.54. The van der Waals surface area contributed by atoms with E-state index >= 15 is 0 Å². The number of hydrogen-bond donors (Lipinski definition) is 0. The molecule has 31 heavy (non-hydrogen) atoms. The molecule has 0 bridgehead atoms. The van der Waals surface area contributed by atoms with Crippen LogP contribution in [0.2, 0.25) is 0 Å². The van der Waals surface area contributed by atoms with Crippen LogP contribution in [0.4, 0.5) is 11.5 Å². The minimum Gasteiger partial charge on any atom is -0.369 e. The molecule has 1 aromatic carbocycles. The van der Waals surface area contributed by atoms with Crippen LogP contribution in [0, 0.1) is 5.92 Å². The van der Waals surface area contributed by atoms with Gasteiger partial charge in [-0.15, -0.1) is 0 Å². The van der Waals surface area contributed by atoms with E-state index in [4.69, 9.17) is 4.52 Å². The predicted molar refractivity (Wildman–Crippen MR) is 122 cm³/mol. The summed E-state index contributed by atoms with van der Waals surface area (Å²) in [7, 11) is 0. The molecule has 2 fully saturated rings. The number of piperidine rings is 1. The Morgan fingerprint density at radius 2 is 1.81 bits per heavy atom. The maximum Gasteiger partial charge on any atom is 0.241 e. The van der Waals surface area contributed by atoms with Gasteiger partial charge in [0.25, 0.3) is 0 Å². The van der Waals surface area contributed by atoms with Crippen molar-refractivity contribution in [2.45, 2.75) is 26.3 Å². The van der Waals surface area contributed by atoms with Crippen LogP contribution in [0.3, 0.4) is 0 Å². The molecule has 7 heteroatoms. The van der Waals surface area contributed by atoms with Gasteiger partial charge in [0, 0.05) is 56.7 Å². The number of rotatable bonds is 5. The lowest BCUT2D eigenvalue weighted by Crippen LogP contribution is -2.46. The van der Waals surface area contributed by atoms with E-state index in [1.54, 1.807) is 0 Å². The summed E-state index contributed by atoms with van der Waals surface area (Å²) in [6.45, 7) is 9.14. The molecule has 7 nitrogen and oxygen atoms in total. The number of para-hydroxylation sites is 1. The lowest BCUT2D eigenvalue weighted by Gasteiger charge is -2.35. The molecular formula is C24H30N6O. The summed E-state index contributed by atoms with van der Waals surface area (Å²) in [6.07, 6.45) is 4.40. The molecule has 162 valence electrons. The highest BCUT2D eigenvalue weighted by Gasteiger charge is 2.21. The van der Waals surface area contributed by atoms with Gasteiger partial charge in [-0.3, -0.25) is 4.90 Å². The Balaban J connectivity index is 1.17. The first-order chi connectivity index (χ1) is 15.2. The van der Waals surface area contributed by atoms with Gasteiger partial charge in [0.2, 0.25) is 11.7 Å². The van der Waals surface area contributed by atoms with Crippen LogP contribution in [0.25, 0.3) is 11.4 Å². The Hall–Kier alpha value is -2.93. The van der Waals surface area contributed by atoms with E-state index in [9.17, 15) is 0 Å². The van der Waals surface area contributed by atoms with Crippen LogP contribution in [-0.4, -0.2) is 59.3 Å². The second-order valence-electron chi connectivity index (χ2n) is 8.71. The van der Waals surface area contributed by atoms with Gasteiger partial charge in [-0.2, -0.15) is 4.98 Å². The van der Waals surface area contributed by atoms with Crippen molar-refractivity contribution in [1.29, 1.82) is 0 Å². The Labute approximate surface area is 183 Å². The number of anilines is 2. The number of benzene rings is 1. The summed E-state index contributed by atoms with van der Waals surface area (Å²) in [5.74, 6) is 3.04. The first-order valence-corrected chi connectivity index (χ1v) is 11.3. The van der Waals surface area contributed by atoms with Crippen molar-refractivity contribution in [1.82, 2.24) is 20.0 Å². The van der Waals surface area contributed by atoms with Crippen molar-refractivity contribution in [3.63, 3.8) is 0 Å². The molecule has 0 amide bonds. The van der Waals surface area contributed by atoms with Gasteiger partial charge >= 0.3 is 0 Å². The van der Waals surface area contributed by atoms with Crippen molar-refractivity contribution in [3.8, 4) is 11.4 Å². The summed E-state index contributed by atoms with van der Waals surface area (Å²) in [4.78, 5) is 16.4. The van der Waals surface area contributed by atoms with Crippen molar-refractivity contribution in [2.75, 3.05) is 49.1 Å². The van der Waals surface area contributed by atoms with Crippen LogP contribution in [0.1, 0.15) is 25.7 Å². The SMILES string of the molecule is C[C@H]1CCCN(c2ccc(-c3noc(CN4CCN(c5ccccc5)CC4)n3)cn2)C1. The third-order valence-electron chi connectivity index (χ3n) is 6.31. The van der Waals surface area contributed by atoms with Crippen LogP contribution in [0.15, 0.2) is 53.2 Å². The van der Waals surface area contributed by atoms with Crippen molar-refractivity contribution in [3.05, 3.63) is 54.6 Å². The molecule has 2 saturated heterocycles. The highest BCUT2D eigenvalue weighted by Crippen LogP contribution is 2.24. The van der Waals surface area contributed by atoms with E-state index in [2.05, 4.69) is 79.2 Å². The Bertz CT molecular complexity index is 965. The smallest absolute Gasteiger partial charge is 0.241 e. The monoisotopic (exact) mass is 418 g/mol. The average molecular weight is 419 g/mol. The molecule has 1 atom stereocenters. The van der Waals surface area contributed by atoms with E-state index in [1.807, 2.05) is 6.20 Å². The molecule has 0 radical (unpaired) electrons. The van der Waals surface area contributed by atoms with Gasteiger partial charge in [-0.05, 0) is 43.0 Å². The highest BCUT2D eigenvalue weighted by molar-refractivity contribution is 5.56. The van der Waals surface area contributed by atoms with Gasteiger partial charge in [-0.1, -0.05) is 30.3 Å². The molecule has 2 aliphatic rings. The van der Waals surface area contributed by atoms with Crippen LogP contribution >= 0.6 is 0 Å². The normalized spacial score (nSPS) is 20.2. The maximum absolute atomic E-state index is 5.54. The first kappa shape index (κ1) is 20.0. The topological polar surface area (TPSA) is 61.5 Å². The average Bonchev–Trinajstić information content (AvgIpc) is 3.29. The number of aromatic nitrogens is 3. The molecule has 0 aliphatic carbocycles. The molecule has 0 spiro atoms. The Morgan fingerprint density at radius 3 is 2.55 bits per heavy atom. The van der Waals surface area contributed by atoms with Gasteiger partial charge < -0.3 is 14.3 Å². The zero-order chi connectivity index (χ0) is 21.0.